The van der Waals surface area contributed by atoms with Crippen molar-refractivity contribution in [2.24, 2.45) is 23.7 Å². The highest BCUT2D eigenvalue weighted by Gasteiger charge is 2.71. The number of rotatable bonds is 7. The number of aromatic nitrogens is 1. The second-order valence-corrected chi connectivity index (χ2v) is 14.7. The molecule has 1 saturated carbocycles. The van der Waals surface area contributed by atoms with Crippen molar-refractivity contribution < 1.29 is 56.9 Å². The number of amides is 4. The number of pyridine rings is 1. The van der Waals surface area contributed by atoms with Gasteiger partial charge in [-0.2, -0.15) is 18.2 Å². The maximum Gasteiger partial charge on any atom is 0.417 e. The molecule has 2 aliphatic heterocycles. The molecule has 4 aromatic rings. The molecule has 4 aliphatic rings. The molecule has 0 bridgehead atoms. The van der Waals surface area contributed by atoms with Crippen LogP contribution in [0.15, 0.2) is 82.9 Å². The molecule has 2 aromatic heterocycles. The molecule has 8 rings (SSSR count). The summed E-state index contributed by atoms with van der Waals surface area (Å²) >= 11 is 12.5. The number of carbonyl (C=O) groups is 5. The molecular weight excluding hydrogens is 784 g/mol. The van der Waals surface area contributed by atoms with Crippen molar-refractivity contribution >= 4 is 64.3 Å². The van der Waals surface area contributed by atoms with Gasteiger partial charge in [-0.1, -0.05) is 47.0 Å². The molecular formula is C38H27Cl2F3N4O9. The van der Waals surface area contributed by atoms with E-state index in [2.05, 4.69) is 10.4 Å². The number of hydrogen-bond donors (Lipinski definition) is 4. The third-order valence-electron chi connectivity index (χ3n) is 11.1. The first-order valence-electron chi connectivity index (χ1n) is 17.0. The molecule has 4 heterocycles. The number of hydrazine groups is 1. The maximum atomic E-state index is 15.2. The zero-order valence-electron chi connectivity index (χ0n) is 28.5. The Morgan fingerprint density at radius 3 is 2.34 bits per heavy atom. The molecule has 18 heteroatoms. The van der Waals surface area contributed by atoms with Crippen LogP contribution in [0.3, 0.4) is 0 Å². The third-order valence-corrected chi connectivity index (χ3v) is 11.7. The minimum Gasteiger partial charge on any atom is -0.507 e. The molecule has 2 aliphatic carbocycles. The Kier molecular flexibility index (Phi) is 8.78. The van der Waals surface area contributed by atoms with E-state index in [-0.39, 0.29) is 30.0 Å². The summed E-state index contributed by atoms with van der Waals surface area (Å²) in [5.41, 5.74) is -0.201. The van der Waals surface area contributed by atoms with Crippen molar-refractivity contribution in [1.82, 2.24) is 9.99 Å². The highest BCUT2D eigenvalue weighted by molar-refractivity contribution is 6.33. The molecule has 13 nitrogen and oxygen atoms in total. The molecule has 3 fully saturated rings. The van der Waals surface area contributed by atoms with Gasteiger partial charge in [0.05, 0.1) is 39.9 Å². The molecule has 4 amide bonds. The highest BCUT2D eigenvalue weighted by Crippen LogP contribution is 2.64. The largest absolute Gasteiger partial charge is 0.507 e. The molecule has 2 aromatic carbocycles. The summed E-state index contributed by atoms with van der Waals surface area (Å²) in [6.45, 7) is -0.522. The van der Waals surface area contributed by atoms with Gasteiger partial charge in [0.25, 0.3) is 11.8 Å². The first kappa shape index (κ1) is 37.2. The maximum absolute atomic E-state index is 15.2. The lowest BCUT2D eigenvalue weighted by molar-refractivity contribution is -0.139. The second kappa shape index (κ2) is 13.2. The van der Waals surface area contributed by atoms with E-state index in [0.717, 1.165) is 17.0 Å². The number of aromatic carboxylic acids is 1. The summed E-state index contributed by atoms with van der Waals surface area (Å²) in [5, 5.41) is 30.2. The number of aromatic hydroxyl groups is 1. The Hall–Kier alpha value is -5.71. The van der Waals surface area contributed by atoms with Crippen molar-refractivity contribution in [2.75, 3.05) is 10.3 Å². The third kappa shape index (κ3) is 5.49. The number of fused-ring (bicyclic) bond motifs is 4. The fraction of sp³-hybridized carbons (Fsp3) is 0.263. The molecule has 2 saturated heterocycles. The van der Waals surface area contributed by atoms with E-state index in [1.165, 1.54) is 30.3 Å². The van der Waals surface area contributed by atoms with Crippen LogP contribution in [0.2, 0.25) is 10.0 Å². The van der Waals surface area contributed by atoms with Crippen molar-refractivity contribution in [3.05, 3.63) is 117 Å². The predicted molar refractivity (Wildman–Crippen MR) is 189 cm³/mol. The van der Waals surface area contributed by atoms with Gasteiger partial charge in [0, 0.05) is 17.3 Å². The zero-order chi connectivity index (χ0) is 40.0. The van der Waals surface area contributed by atoms with Crippen LogP contribution in [0, 0.1) is 23.7 Å². The Balaban J connectivity index is 1.28. The van der Waals surface area contributed by atoms with Crippen LogP contribution >= 0.6 is 23.2 Å². The Morgan fingerprint density at radius 2 is 1.71 bits per heavy atom. The van der Waals surface area contributed by atoms with Crippen LogP contribution in [0.25, 0.3) is 0 Å². The van der Waals surface area contributed by atoms with E-state index in [4.69, 9.17) is 27.6 Å². The minimum absolute atomic E-state index is 0.0113. The average molecular weight is 812 g/mol. The summed E-state index contributed by atoms with van der Waals surface area (Å²) in [6.07, 6.45) is -2.73. The first-order chi connectivity index (χ1) is 26.6. The van der Waals surface area contributed by atoms with Crippen LogP contribution in [0.5, 0.6) is 5.75 Å². The Labute approximate surface area is 323 Å². The molecule has 6 atom stereocenters. The fourth-order valence-electron chi connectivity index (χ4n) is 8.82. The lowest BCUT2D eigenvalue weighted by Gasteiger charge is -2.49. The quantitative estimate of drug-likeness (QED) is 0.125. The summed E-state index contributed by atoms with van der Waals surface area (Å²) in [6, 6.07) is 13.0. The summed E-state index contributed by atoms with van der Waals surface area (Å²) in [5.74, 6) is -10.6. The monoisotopic (exact) mass is 810 g/mol. The van der Waals surface area contributed by atoms with Crippen molar-refractivity contribution in [3.8, 4) is 5.75 Å². The number of carbonyl (C=O) groups excluding carboxylic acids is 4. The average Bonchev–Trinajstić information content (AvgIpc) is 3.79. The smallest absolute Gasteiger partial charge is 0.417 e. The van der Waals surface area contributed by atoms with Gasteiger partial charge < -0.3 is 19.7 Å². The van der Waals surface area contributed by atoms with Crippen LogP contribution in [0.4, 0.5) is 24.7 Å². The van der Waals surface area contributed by atoms with Crippen LogP contribution in [-0.2, 0) is 37.4 Å². The number of nitrogens with zero attached hydrogens (tertiary/aromatic N) is 3. The fourth-order valence-corrected chi connectivity index (χ4v) is 9.15. The van der Waals surface area contributed by atoms with E-state index in [9.17, 15) is 47.7 Å². The summed E-state index contributed by atoms with van der Waals surface area (Å²) in [7, 11) is 0. The number of aliphatic hydroxyl groups is 1. The molecule has 0 radical (unpaired) electrons. The lowest BCUT2D eigenvalue weighted by atomic mass is 9.50. The van der Waals surface area contributed by atoms with E-state index >= 15 is 4.79 Å². The molecule has 288 valence electrons. The number of benzene rings is 2. The van der Waals surface area contributed by atoms with Gasteiger partial charge in [0.15, 0.2) is 5.82 Å². The van der Waals surface area contributed by atoms with E-state index in [1.54, 1.807) is 18.2 Å². The van der Waals surface area contributed by atoms with Gasteiger partial charge >= 0.3 is 12.1 Å². The summed E-state index contributed by atoms with van der Waals surface area (Å²) < 4.78 is 46.4. The number of anilines is 2. The number of imide groups is 2. The lowest BCUT2D eigenvalue weighted by Crippen LogP contribution is -2.53. The van der Waals surface area contributed by atoms with Crippen LogP contribution in [-0.4, -0.2) is 54.9 Å². The number of phenols is 1. The Bertz CT molecular complexity index is 2400. The normalized spacial score (nSPS) is 25.9. The number of carboxylic acid groups (broad SMARTS) is 1. The molecule has 4 N–H and O–H groups in total. The number of hydrogen-bond acceptors (Lipinski definition) is 10. The zero-order valence-corrected chi connectivity index (χ0v) is 30.0. The summed E-state index contributed by atoms with van der Waals surface area (Å²) in [4.78, 5) is 74.5. The van der Waals surface area contributed by atoms with Gasteiger partial charge in [0.1, 0.15) is 34.9 Å². The standard InChI is InChI=1S/C38H27Cl2F3N4O9/c39-18-3-1-16(2-4-18)37-25(33(51)47(36(37)55)45-31-26(40)11-17(14-44-31)38(41,42)43)13-24-21(30(37)28-10-6-20(15-48)56-28)8-9-23-29(24)34(52)46(32(23)50)19-5-7-22(35(53)54)27(49)12-19/h1-8,10-12,14,23-25,29-30,48-49H,9,13,15H2,(H,44,45)(H,53,54)/t23-,24+,25-,29-,30+,37+/m0/s1. The molecule has 56 heavy (non-hydrogen) atoms. The predicted octanol–water partition coefficient (Wildman–Crippen LogP) is 6.09. The number of alkyl halides is 3. The van der Waals surface area contributed by atoms with E-state index in [1.807, 2.05) is 0 Å². The Morgan fingerprint density at radius 1 is 0.982 bits per heavy atom. The van der Waals surface area contributed by atoms with Gasteiger partial charge in [-0.25, -0.2) is 14.7 Å². The van der Waals surface area contributed by atoms with E-state index in [0.29, 0.717) is 33.4 Å². The van der Waals surface area contributed by atoms with Crippen molar-refractivity contribution in [2.45, 2.75) is 37.0 Å². The number of furan rings is 1. The number of carboxylic acids is 1. The second-order valence-electron chi connectivity index (χ2n) is 13.9. The number of halogens is 5. The highest BCUT2D eigenvalue weighted by atomic mass is 35.5. The molecule has 0 unspecified atom stereocenters. The SMILES string of the molecule is O=C(O)c1ccc(N2C(=O)[C@H]3[C@H](CC=C4[C@H]3C[C@H]3C(=O)N(Nc5ncc(C(F)(F)F)cc5Cl)C(=O)[C@@]3(c3ccc(Cl)cc3)[C@H]4c3ccc(CO)o3)C2=O)cc1O. The first-order valence-corrected chi connectivity index (χ1v) is 17.8. The van der Waals surface area contributed by atoms with Crippen LogP contribution < -0.4 is 10.3 Å². The van der Waals surface area contributed by atoms with Crippen molar-refractivity contribution in [3.63, 3.8) is 0 Å². The topological polar surface area (TPSA) is 191 Å². The van der Waals surface area contributed by atoms with Gasteiger partial charge in [-0.3, -0.25) is 24.6 Å². The van der Waals surface area contributed by atoms with E-state index < -0.39 is 105 Å². The minimum atomic E-state index is -4.79. The number of aliphatic hydroxyl groups excluding tert-OH is 1. The van der Waals surface area contributed by atoms with Gasteiger partial charge in [0.2, 0.25) is 11.8 Å². The number of nitrogens with one attached hydrogen (secondary N) is 1. The van der Waals surface area contributed by atoms with Crippen LogP contribution in [0.1, 0.15) is 51.8 Å². The molecule has 0 spiro atoms. The van der Waals surface area contributed by atoms with Gasteiger partial charge in [-0.05, 0) is 66.8 Å². The van der Waals surface area contributed by atoms with Crippen molar-refractivity contribution in [1.29, 1.82) is 0 Å². The number of allylic oxidation sites excluding steroid dienone is 2. The van der Waals surface area contributed by atoms with Gasteiger partial charge in [-0.15, -0.1) is 0 Å².